The molecule has 2 aromatic rings. The van der Waals surface area contributed by atoms with Crippen molar-refractivity contribution >= 4 is 5.97 Å². The van der Waals surface area contributed by atoms with Gasteiger partial charge in [0.2, 0.25) is 5.88 Å². The Kier molecular flexibility index (Phi) is 3.44. The second-order valence-corrected chi connectivity index (χ2v) is 3.81. The summed E-state index contributed by atoms with van der Waals surface area (Å²) in [6.45, 7) is 1.66. The predicted molar refractivity (Wildman–Crippen MR) is 67.2 cm³/mol. The van der Waals surface area contributed by atoms with Crippen LogP contribution in [0.3, 0.4) is 0 Å². The number of pyridine rings is 1. The first kappa shape index (κ1) is 12.6. The summed E-state index contributed by atoms with van der Waals surface area (Å²) in [5, 5.41) is 17.8. The van der Waals surface area contributed by atoms with E-state index in [4.69, 9.17) is 15.1 Å². The van der Waals surface area contributed by atoms with Gasteiger partial charge in [-0.25, -0.2) is 9.78 Å². The molecule has 5 heteroatoms. The molecule has 0 spiro atoms. The molecule has 0 unspecified atom stereocenters. The fourth-order valence-corrected chi connectivity index (χ4v) is 1.60. The number of aromatic carboxylic acids is 1. The van der Waals surface area contributed by atoms with Crippen molar-refractivity contribution in [3.8, 4) is 17.7 Å². The molecule has 19 heavy (non-hydrogen) atoms. The van der Waals surface area contributed by atoms with Gasteiger partial charge in [-0.15, -0.1) is 0 Å². The van der Waals surface area contributed by atoms with Gasteiger partial charge in [-0.05, 0) is 25.1 Å². The number of carbonyl (C=O) groups is 1. The Hall–Kier alpha value is -2.87. The molecular weight excluding hydrogens is 244 g/mol. The summed E-state index contributed by atoms with van der Waals surface area (Å²) < 4.78 is 5.52. The molecule has 2 rings (SSSR count). The molecule has 1 heterocycles. The zero-order valence-electron chi connectivity index (χ0n) is 10.1. The number of carboxylic acids is 1. The smallest absolute Gasteiger partial charge is 0.336 e. The number of nitriles is 1. The zero-order chi connectivity index (χ0) is 13.8. The highest BCUT2D eigenvalue weighted by Gasteiger charge is 2.11. The lowest BCUT2D eigenvalue weighted by atomic mass is 10.1. The summed E-state index contributed by atoms with van der Waals surface area (Å²) in [5.41, 5.74) is 0.928. The standard InChI is InChI=1S/C14H10N2O3/c1-9-11(14(17)18)5-3-6-12(9)19-13-7-2-4-10(8-15)16-13/h2-7H,1H3,(H,17,18). The Morgan fingerprint density at radius 1 is 1.32 bits per heavy atom. The maximum absolute atomic E-state index is 11.0. The minimum Gasteiger partial charge on any atom is -0.478 e. The zero-order valence-corrected chi connectivity index (χ0v) is 10.1. The fraction of sp³-hybridized carbons (Fsp3) is 0.0714. The van der Waals surface area contributed by atoms with Crippen molar-refractivity contribution in [1.82, 2.24) is 4.98 Å². The van der Waals surface area contributed by atoms with Crippen LogP contribution in [-0.2, 0) is 0 Å². The molecule has 0 aliphatic carbocycles. The summed E-state index contributed by atoms with van der Waals surface area (Å²) in [4.78, 5) is 15.0. The van der Waals surface area contributed by atoms with E-state index < -0.39 is 5.97 Å². The van der Waals surface area contributed by atoms with Crippen LogP contribution in [0.5, 0.6) is 11.6 Å². The summed E-state index contributed by atoms with van der Waals surface area (Å²) in [7, 11) is 0. The Balaban J connectivity index is 2.36. The van der Waals surface area contributed by atoms with E-state index in [0.717, 1.165) is 0 Å². The van der Waals surface area contributed by atoms with E-state index in [1.54, 1.807) is 37.3 Å². The molecule has 0 aliphatic rings. The Morgan fingerprint density at radius 2 is 2.05 bits per heavy atom. The second-order valence-electron chi connectivity index (χ2n) is 3.81. The number of rotatable bonds is 3. The van der Waals surface area contributed by atoms with E-state index in [9.17, 15) is 4.79 Å². The number of benzene rings is 1. The molecule has 1 N–H and O–H groups in total. The molecule has 0 amide bonds. The van der Waals surface area contributed by atoms with Crippen LogP contribution in [0.1, 0.15) is 21.6 Å². The van der Waals surface area contributed by atoms with Gasteiger partial charge in [0.15, 0.2) is 0 Å². The molecule has 0 bridgehead atoms. The highest BCUT2D eigenvalue weighted by molar-refractivity contribution is 5.90. The topological polar surface area (TPSA) is 83.2 Å². The first-order valence-electron chi connectivity index (χ1n) is 5.49. The molecule has 1 aromatic carbocycles. The van der Waals surface area contributed by atoms with Crippen molar-refractivity contribution in [2.75, 3.05) is 0 Å². The number of ether oxygens (including phenoxy) is 1. The van der Waals surface area contributed by atoms with Gasteiger partial charge in [-0.1, -0.05) is 12.1 Å². The van der Waals surface area contributed by atoms with E-state index in [-0.39, 0.29) is 17.1 Å². The van der Waals surface area contributed by atoms with Gasteiger partial charge >= 0.3 is 5.97 Å². The van der Waals surface area contributed by atoms with E-state index in [1.165, 1.54) is 6.07 Å². The van der Waals surface area contributed by atoms with Crippen LogP contribution < -0.4 is 4.74 Å². The van der Waals surface area contributed by atoms with Gasteiger partial charge in [0.25, 0.3) is 0 Å². The van der Waals surface area contributed by atoms with Crippen LogP contribution in [0, 0.1) is 18.3 Å². The number of hydrogen-bond acceptors (Lipinski definition) is 4. The number of hydrogen-bond donors (Lipinski definition) is 1. The molecule has 0 saturated heterocycles. The lowest BCUT2D eigenvalue weighted by Gasteiger charge is -2.09. The Morgan fingerprint density at radius 3 is 2.74 bits per heavy atom. The van der Waals surface area contributed by atoms with Gasteiger partial charge < -0.3 is 9.84 Å². The maximum atomic E-state index is 11.0. The average Bonchev–Trinajstić information content (AvgIpc) is 2.41. The van der Waals surface area contributed by atoms with E-state index in [2.05, 4.69) is 4.98 Å². The third-order valence-electron chi connectivity index (χ3n) is 2.57. The highest BCUT2D eigenvalue weighted by Crippen LogP contribution is 2.26. The molecule has 94 valence electrons. The summed E-state index contributed by atoms with van der Waals surface area (Å²) in [5.74, 6) is -0.353. The SMILES string of the molecule is Cc1c(Oc2cccc(C#N)n2)cccc1C(=O)O. The summed E-state index contributed by atoms with van der Waals surface area (Å²) in [6, 6.07) is 11.5. The molecule has 5 nitrogen and oxygen atoms in total. The Labute approximate surface area is 109 Å². The van der Waals surface area contributed by atoms with Crippen LogP contribution in [0.4, 0.5) is 0 Å². The van der Waals surface area contributed by atoms with Crippen LogP contribution in [-0.4, -0.2) is 16.1 Å². The van der Waals surface area contributed by atoms with Crippen molar-refractivity contribution in [2.45, 2.75) is 6.92 Å². The van der Waals surface area contributed by atoms with E-state index in [1.807, 2.05) is 6.07 Å². The van der Waals surface area contributed by atoms with Crippen LogP contribution in [0.15, 0.2) is 36.4 Å². The minimum absolute atomic E-state index is 0.175. The minimum atomic E-state index is -1.01. The van der Waals surface area contributed by atoms with Crippen molar-refractivity contribution in [2.24, 2.45) is 0 Å². The van der Waals surface area contributed by atoms with Crippen molar-refractivity contribution < 1.29 is 14.6 Å². The monoisotopic (exact) mass is 254 g/mol. The first-order chi connectivity index (χ1) is 9.11. The van der Waals surface area contributed by atoms with E-state index >= 15 is 0 Å². The van der Waals surface area contributed by atoms with E-state index in [0.29, 0.717) is 11.3 Å². The van der Waals surface area contributed by atoms with Gasteiger partial charge in [-0.3, -0.25) is 0 Å². The van der Waals surface area contributed by atoms with Gasteiger partial charge in [-0.2, -0.15) is 5.26 Å². The molecule has 1 aromatic heterocycles. The van der Waals surface area contributed by atoms with Crippen LogP contribution in [0.2, 0.25) is 0 Å². The number of carboxylic acid groups (broad SMARTS) is 1. The number of aromatic nitrogens is 1. The molecule has 0 radical (unpaired) electrons. The molecular formula is C14H10N2O3. The fourth-order valence-electron chi connectivity index (χ4n) is 1.60. The summed E-state index contributed by atoms with van der Waals surface area (Å²) >= 11 is 0. The third kappa shape index (κ3) is 2.69. The second kappa shape index (κ2) is 5.19. The highest BCUT2D eigenvalue weighted by atomic mass is 16.5. The van der Waals surface area contributed by atoms with Crippen LogP contribution in [0.25, 0.3) is 0 Å². The predicted octanol–water partition coefficient (Wildman–Crippen LogP) is 2.75. The van der Waals surface area contributed by atoms with Crippen molar-refractivity contribution in [1.29, 1.82) is 5.26 Å². The van der Waals surface area contributed by atoms with Crippen molar-refractivity contribution in [3.63, 3.8) is 0 Å². The normalized spacial score (nSPS) is 9.68. The Bertz CT molecular complexity index is 675. The van der Waals surface area contributed by atoms with Gasteiger partial charge in [0.1, 0.15) is 17.5 Å². The number of nitrogens with zero attached hydrogens (tertiary/aromatic N) is 2. The lowest BCUT2D eigenvalue weighted by Crippen LogP contribution is -2.01. The first-order valence-corrected chi connectivity index (χ1v) is 5.49. The van der Waals surface area contributed by atoms with Crippen LogP contribution >= 0.6 is 0 Å². The average molecular weight is 254 g/mol. The molecule has 0 saturated carbocycles. The quantitative estimate of drug-likeness (QED) is 0.910. The van der Waals surface area contributed by atoms with Gasteiger partial charge in [0.05, 0.1) is 5.56 Å². The van der Waals surface area contributed by atoms with Gasteiger partial charge in [0, 0.05) is 11.6 Å². The molecule has 0 atom stereocenters. The largest absolute Gasteiger partial charge is 0.478 e. The molecule has 0 fully saturated rings. The third-order valence-corrected chi connectivity index (χ3v) is 2.57. The van der Waals surface area contributed by atoms with Crippen molar-refractivity contribution in [3.05, 3.63) is 53.2 Å². The lowest BCUT2D eigenvalue weighted by molar-refractivity contribution is 0.0695. The summed E-state index contributed by atoms with van der Waals surface area (Å²) in [6.07, 6.45) is 0. The maximum Gasteiger partial charge on any atom is 0.336 e. The molecule has 0 aliphatic heterocycles.